The third-order valence-electron chi connectivity index (χ3n) is 6.10. The van der Waals surface area contributed by atoms with Gasteiger partial charge in [-0.25, -0.2) is 4.39 Å². The molecule has 0 saturated carbocycles. The fourth-order valence-corrected chi connectivity index (χ4v) is 4.37. The fraction of sp³-hybridized carbons (Fsp3) is 0.111. The van der Waals surface area contributed by atoms with Crippen molar-refractivity contribution in [1.82, 2.24) is 4.98 Å². The Morgan fingerprint density at radius 2 is 1.73 bits per heavy atom. The largest absolute Gasteiger partial charge is 0.507 e. The number of nitrogens with one attached hydrogen (secondary N) is 1. The number of aliphatic hydroxyl groups is 1. The number of ketones is 1. The van der Waals surface area contributed by atoms with Gasteiger partial charge in [0.25, 0.3) is 11.7 Å². The lowest BCUT2D eigenvalue weighted by Crippen LogP contribution is -2.29. The van der Waals surface area contributed by atoms with E-state index in [4.69, 9.17) is 0 Å². The van der Waals surface area contributed by atoms with Crippen molar-refractivity contribution >= 4 is 34.0 Å². The van der Waals surface area contributed by atoms with Gasteiger partial charge >= 0.3 is 0 Å². The number of anilines is 1. The first kappa shape index (κ1) is 20.7. The Bertz CT molecular complexity index is 1450. The van der Waals surface area contributed by atoms with Gasteiger partial charge < -0.3 is 10.1 Å². The molecule has 0 bridgehead atoms. The molecule has 6 heteroatoms. The number of hydrogen-bond donors (Lipinski definition) is 2. The average molecular weight is 440 g/mol. The Kier molecular flexibility index (Phi) is 4.86. The van der Waals surface area contributed by atoms with Gasteiger partial charge in [-0.2, -0.15) is 0 Å². The minimum Gasteiger partial charge on any atom is -0.507 e. The maximum atomic E-state index is 13.8. The first-order valence-corrected chi connectivity index (χ1v) is 10.6. The van der Waals surface area contributed by atoms with Gasteiger partial charge in [0.05, 0.1) is 11.6 Å². The van der Waals surface area contributed by atoms with E-state index in [0.29, 0.717) is 16.8 Å². The summed E-state index contributed by atoms with van der Waals surface area (Å²) in [6.45, 7) is 3.51. The van der Waals surface area contributed by atoms with E-state index in [1.165, 1.54) is 23.1 Å². The van der Waals surface area contributed by atoms with Crippen LogP contribution in [0.2, 0.25) is 0 Å². The van der Waals surface area contributed by atoms with Crippen molar-refractivity contribution in [2.24, 2.45) is 0 Å². The number of nitrogens with zero attached hydrogens (tertiary/aromatic N) is 1. The highest BCUT2D eigenvalue weighted by atomic mass is 19.1. The summed E-state index contributed by atoms with van der Waals surface area (Å²) >= 11 is 0. The molecule has 33 heavy (non-hydrogen) atoms. The highest BCUT2D eigenvalue weighted by Crippen LogP contribution is 2.44. The normalized spacial score (nSPS) is 17.8. The molecule has 5 nitrogen and oxygen atoms in total. The number of Topliss-reactive ketones (excluding diaryl/α,β-unsaturated/α-hetero) is 1. The molecule has 4 aromatic rings. The van der Waals surface area contributed by atoms with Gasteiger partial charge in [0.2, 0.25) is 0 Å². The third-order valence-corrected chi connectivity index (χ3v) is 6.10. The number of H-pyrrole nitrogens is 1. The quantitative estimate of drug-likeness (QED) is 0.249. The van der Waals surface area contributed by atoms with Gasteiger partial charge in [0.1, 0.15) is 11.6 Å². The number of carbonyl (C=O) groups excluding carboxylic acids is 2. The van der Waals surface area contributed by atoms with Gasteiger partial charge in [-0.15, -0.1) is 0 Å². The number of hydrogen-bond acceptors (Lipinski definition) is 3. The molecule has 0 radical (unpaired) electrons. The third kappa shape index (κ3) is 3.31. The molecule has 1 aliphatic heterocycles. The number of aromatic amines is 1. The molecule has 0 aliphatic carbocycles. The van der Waals surface area contributed by atoms with Crippen LogP contribution in [0, 0.1) is 19.7 Å². The molecule has 1 amide bonds. The van der Waals surface area contributed by atoms with Crippen molar-refractivity contribution in [2.75, 3.05) is 4.90 Å². The summed E-state index contributed by atoms with van der Waals surface area (Å²) in [4.78, 5) is 31.1. The number of rotatable bonds is 3. The number of aryl methyl sites for hydroxylation is 2. The Hall–Kier alpha value is -4.19. The van der Waals surface area contributed by atoms with Gasteiger partial charge in [-0.1, -0.05) is 35.9 Å². The summed E-state index contributed by atoms with van der Waals surface area (Å²) in [5.74, 6) is -2.26. The van der Waals surface area contributed by atoms with E-state index in [1.54, 1.807) is 25.3 Å². The topological polar surface area (TPSA) is 73.4 Å². The summed E-state index contributed by atoms with van der Waals surface area (Å²) in [6, 6.07) is 18.1. The summed E-state index contributed by atoms with van der Waals surface area (Å²) in [5, 5.41) is 12.1. The van der Waals surface area contributed by atoms with Crippen LogP contribution in [-0.4, -0.2) is 21.8 Å². The lowest BCUT2D eigenvalue weighted by molar-refractivity contribution is -0.132. The van der Waals surface area contributed by atoms with Gasteiger partial charge in [0.15, 0.2) is 0 Å². The van der Waals surface area contributed by atoms with Crippen LogP contribution in [0.4, 0.5) is 10.1 Å². The van der Waals surface area contributed by atoms with Gasteiger partial charge in [-0.05, 0) is 55.8 Å². The van der Waals surface area contributed by atoms with E-state index in [0.717, 1.165) is 16.5 Å². The minimum absolute atomic E-state index is 0.0312. The standard InChI is InChI=1S/C27H21FN2O3/c1-15-7-10-18(11-8-15)30-24(20-14-29-22-6-4-3-5-19(20)22)23(26(32)27(30)33)25(31)17-9-12-21(28)16(2)13-17/h3-14,24,29,31H,1-2H3/b25-23+. The second kappa shape index (κ2) is 7.74. The van der Waals surface area contributed by atoms with E-state index in [-0.39, 0.29) is 16.9 Å². The maximum absolute atomic E-state index is 13.8. The van der Waals surface area contributed by atoms with Crippen molar-refractivity contribution in [3.8, 4) is 0 Å². The van der Waals surface area contributed by atoms with E-state index < -0.39 is 23.5 Å². The minimum atomic E-state index is -0.853. The zero-order chi connectivity index (χ0) is 23.3. The second-order valence-electron chi connectivity index (χ2n) is 8.26. The number of fused-ring (bicyclic) bond motifs is 1. The lowest BCUT2D eigenvalue weighted by Gasteiger charge is -2.25. The summed E-state index contributed by atoms with van der Waals surface area (Å²) in [5.41, 5.74) is 3.67. The van der Waals surface area contributed by atoms with Crippen molar-refractivity contribution in [1.29, 1.82) is 0 Å². The van der Waals surface area contributed by atoms with Crippen LogP contribution in [0.3, 0.4) is 0 Å². The van der Waals surface area contributed by atoms with E-state index in [2.05, 4.69) is 4.98 Å². The Balaban J connectivity index is 1.78. The van der Waals surface area contributed by atoms with E-state index in [1.807, 2.05) is 43.3 Å². The molecule has 5 rings (SSSR count). The van der Waals surface area contributed by atoms with Crippen LogP contribution in [-0.2, 0) is 9.59 Å². The maximum Gasteiger partial charge on any atom is 0.300 e. The number of carbonyl (C=O) groups is 2. The van der Waals surface area contributed by atoms with Crippen LogP contribution < -0.4 is 4.90 Å². The summed E-state index contributed by atoms with van der Waals surface area (Å²) < 4.78 is 13.8. The summed E-state index contributed by atoms with van der Waals surface area (Å²) in [6.07, 6.45) is 1.76. The molecule has 1 unspecified atom stereocenters. The van der Waals surface area contributed by atoms with Crippen LogP contribution in [0.1, 0.15) is 28.3 Å². The van der Waals surface area contributed by atoms with Crippen LogP contribution >= 0.6 is 0 Å². The molecule has 1 saturated heterocycles. The Labute approximate surface area is 189 Å². The molecule has 1 aliphatic rings. The highest BCUT2D eigenvalue weighted by Gasteiger charge is 2.47. The molecular formula is C27H21FN2O3. The van der Waals surface area contributed by atoms with Crippen molar-refractivity contribution in [3.63, 3.8) is 0 Å². The Morgan fingerprint density at radius 1 is 1.00 bits per heavy atom. The van der Waals surface area contributed by atoms with Gasteiger partial charge in [-0.3, -0.25) is 14.5 Å². The molecule has 3 aromatic carbocycles. The zero-order valence-electron chi connectivity index (χ0n) is 18.1. The fourth-order valence-electron chi connectivity index (χ4n) is 4.37. The number of amides is 1. The molecular weight excluding hydrogens is 419 g/mol. The first-order chi connectivity index (χ1) is 15.9. The molecule has 1 fully saturated rings. The predicted molar refractivity (Wildman–Crippen MR) is 125 cm³/mol. The second-order valence-corrected chi connectivity index (χ2v) is 8.26. The summed E-state index contributed by atoms with van der Waals surface area (Å²) in [7, 11) is 0. The Morgan fingerprint density at radius 3 is 2.45 bits per heavy atom. The van der Waals surface area contributed by atoms with E-state index >= 15 is 0 Å². The molecule has 1 atom stereocenters. The predicted octanol–water partition coefficient (Wildman–Crippen LogP) is 5.55. The zero-order valence-corrected chi connectivity index (χ0v) is 18.1. The molecule has 2 heterocycles. The highest BCUT2D eigenvalue weighted by molar-refractivity contribution is 6.51. The van der Waals surface area contributed by atoms with Gasteiger partial charge in [0, 0.05) is 33.9 Å². The SMILES string of the molecule is Cc1ccc(N2C(=O)C(=O)/C(=C(/O)c3ccc(F)c(C)c3)C2c2c[nH]c3ccccc23)cc1. The molecule has 2 N–H and O–H groups in total. The van der Waals surface area contributed by atoms with Crippen LogP contribution in [0.5, 0.6) is 0 Å². The van der Waals surface area contributed by atoms with Crippen molar-refractivity contribution in [2.45, 2.75) is 19.9 Å². The number of benzene rings is 3. The number of para-hydroxylation sites is 1. The molecule has 1 aromatic heterocycles. The lowest BCUT2D eigenvalue weighted by atomic mass is 9.94. The van der Waals surface area contributed by atoms with E-state index in [9.17, 15) is 19.1 Å². The van der Waals surface area contributed by atoms with Crippen LogP contribution in [0.25, 0.3) is 16.7 Å². The van der Waals surface area contributed by atoms with Crippen molar-refractivity contribution in [3.05, 3.63) is 107 Å². The van der Waals surface area contributed by atoms with Crippen molar-refractivity contribution < 1.29 is 19.1 Å². The first-order valence-electron chi connectivity index (χ1n) is 10.6. The number of halogens is 1. The number of aliphatic hydroxyl groups excluding tert-OH is 1. The molecule has 164 valence electrons. The smallest absolute Gasteiger partial charge is 0.300 e. The average Bonchev–Trinajstić information content (AvgIpc) is 3.35. The van der Waals surface area contributed by atoms with Crippen LogP contribution in [0.15, 0.2) is 78.5 Å². The molecule has 0 spiro atoms. The monoisotopic (exact) mass is 440 g/mol. The number of aromatic nitrogens is 1.